The van der Waals surface area contributed by atoms with Crippen molar-refractivity contribution in [3.63, 3.8) is 0 Å². The lowest BCUT2D eigenvalue weighted by Crippen LogP contribution is -2.35. The molecule has 2 aromatic rings. The first-order valence-corrected chi connectivity index (χ1v) is 8.97. The van der Waals surface area contributed by atoms with Crippen LogP contribution in [0.3, 0.4) is 0 Å². The second-order valence-corrected chi connectivity index (χ2v) is 6.46. The van der Waals surface area contributed by atoms with Gasteiger partial charge in [0.2, 0.25) is 0 Å². The number of hydrogen-bond donors (Lipinski definition) is 1. The minimum atomic E-state index is -0.501. The first-order chi connectivity index (χ1) is 13.1. The number of hydrogen-bond acceptors (Lipinski definition) is 4. The first-order valence-electron chi connectivity index (χ1n) is 8.97. The van der Waals surface area contributed by atoms with E-state index in [9.17, 15) is 14.4 Å². The molecule has 0 aliphatic carbocycles. The highest BCUT2D eigenvalue weighted by Gasteiger charge is 2.18. The van der Waals surface area contributed by atoms with Crippen molar-refractivity contribution in [1.29, 1.82) is 0 Å². The number of amides is 2. The molecule has 1 N–H and O–H groups in total. The molecule has 140 valence electrons. The second kappa shape index (κ2) is 8.49. The van der Waals surface area contributed by atoms with E-state index >= 15 is 0 Å². The van der Waals surface area contributed by atoms with Crippen LogP contribution < -0.4 is 5.32 Å². The number of nitrogens with zero attached hydrogens (tertiary/aromatic N) is 1. The Kier molecular flexibility index (Phi) is 5.86. The van der Waals surface area contributed by atoms with Crippen molar-refractivity contribution in [3.05, 3.63) is 65.2 Å². The number of piperidine rings is 1. The molecule has 1 heterocycles. The molecule has 0 aromatic heterocycles. The van der Waals surface area contributed by atoms with Gasteiger partial charge >= 0.3 is 5.97 Å². The summed E-state index contributed by atoms with van der Waals surface area (Å²) in [6.45, 7) is 1.55. The number of ether oxygens (including phenoxy) is 1. The molecule has 0 saturated carbocycles. The van der Waals surface area contributed by atoms with Crippen LogP contribution in [0.15, 0.2) is 48.5 Å². The molecule has 3 rings (SSSR count). The third-order valence-corrected chi connectivity index (χ3v) is 4.56. The van der Waals surface area contributed by atoms with Crippen LogP contribution in [0, 0.1) is 0 Å². The van der Waals surface area contributed by atoms with Crippen LogP contribution in [0.4, 0.5) is 5.69 Å². The molecule has 0 spiro atoms. The van der Waals surface area contributed by atoms with Gasteiger partial charge in [-0.05, 0) is 55.7 Å². The Labute approximate surface area is 158 Å². The van der Waals surface area contributed by atoms with Crippen LogP contribution in [-0.2, 0) is 4.74 Å². The predicted octanol–water partition coefficient (Wildman–Crippen LogP) is 3.35. The quantitative estimate of drug-likeness (QED) is 0.842. The topological polar surface area (TPSA) is 75.7 Å². The fourth-order valence-electron chi connectivity index (χ4n) is 3.12. The van der Waals surface area contributed by atoms with Gasteiger partial charge in [-0.2, -0.15) is 0 Å². The monoisotopic (exact) mass is 366 g/mol. The van der Waals surface area contributed by atoms with Gasteiger partial charge in [0.1, 0.15) is 0 Å². The molecule has 0 radical (unpaired) electrons. The molecular formula is C21H22N2O4. The largest absolute Gasteiger partial charge is 0.465 e. The van der Waals surface area contributed by atoms with Crippen molar-refractivity contribution < 1.29 is 19.1 Å². The lowest BCUT2D eigenvalue weighted by molar-refractivity contribution is 0.0600. The number of benzene rings is 2. The lowest BCUT2D eigenvalue weighted by Gasteiger charge is -2.26. The van der Waals surface area contributed by atoms with Gasteiger partial charge in [0.15, 0.2) is 0 Å². The van der Waals surface area contributed by atoms with Crippen LogP contribution in [0.25, 0.3) is 0 Å². The van der Waals surface area contributed by atoms with E-state index in [-0.39, 0.29) is 11.8 Å². The molecule has 1 aliphatic heterocycles. The van der Waals surface area contributed by atoms with Crippen molar-refractivity contribution in [2.24, 2.45) is 0 Å². The van der Waals surface area contributed by atoms with E-state index in [0.717, 1.165) is 32.4 Å². The zero-order chi connectivity index (χ0) is 19.2. The van der Waals surface area contributed by atoms with Crippen molar-refractivity contribution >= 4 is 23.5 Å². The summed E-state index contributed by atoms with van der Waals surface area (Å²) in [5.74, 6) is -0.874. The standard InChI is InChI=1S/C21H22N2O4/c1-27-21(26)17-9-5-7-15(13-17)19(24)22-18-10-6-8-16(14-18)20(25)23-11-3-2-4-12-23/h5-10,13-14H,2-4,11-12H2,1H3,(H,22,24). The fraction of sp³-hybridized carbons (Fsp3) is 0.286. The number of rotatable bonds is 4. The molecule has 0 unspecified atom stereocenters. The van der Waals surface area contributed by atoms with E-state index in [4.69, 9.17) is 0 Å². The highest BCUT2D eigenvalue weighted by Crippen LogP contribution is 2.17. The third kappa shape index (κ3) is 4.53. The van der Waals surface area contributed by atoms with Gasteiger partial charge in [-0.15, -0.1) is 0 Å². The maximum atomic E-state index is 12.6. The lowest BCUT2D eigenvalue weighted by atomic mass is 10.1. The highest BCUT2D eigenvalue weighted by atomic mass is 16.5. The number of methoxy groups -OCH3 is 1. The van der Waals surface area contributed by atoms with Crippen LogP contribution in [0.5, 0.6) is 0 Å². The summed E-state index contributed by atoms with van der Waals surface area (Å²) < 4.78 is 4.68. The number of likely N-dealkylation sites (tertiary alicyclic amines) is 1. The van der Waals surface area contributed by atoms with E-state index in [2.05, 4.69) is 10.1 Å². The maximum Gasteiger partial charge on any atom is 0.337 e. The van der Waals surface area contributed by atoms with Crippen molar-refractivity contribution in [1.82, 2.24) is 4.90 Å². The number of anilines is 1. The smallest absolute Gasteiger partial charge is 0.337 e. The van der Waals surface area contributed by atoms with Crippen LogP contribution in [0.1, 0.15) is 50.3 Å². The summed E-state index contributed by atoms with van der Waals surface area (Å²) in [5, 5.41) is 2.78. The number of carbonyl (C=O) groups excluding carboxylic acids is 3. The zero-order valence-corrected chi connectivity index (χ0v) is 15.2. The Hall–Kier alpha value is -3.15. The van der Waals surface area contributed by atoms with Gasteiger partial charge in [0.25, 0.3) is 11.8 Å². The highest BCUT2D eigenvalue weighted by molar-refractivity contribution is 6.06. The Morgan fingerprint density at radius 1 is 0.889 bits per heavy atom. The molecule has 1 fully saturated rings. The normalized spacial score (nSPS) is 13.7. The predicted molar refractivity (Wildman–Crippen MR) is 102 cm³/mol. The van der Waals surface area contributed by atoms with Gasteiger partial charge in [-0.25, -0.2) is 4.79 Å². The number of carbonyl (C=O) groups is 3. The van der Waals surface area contributed by atoms with Crippen LogP contribution in [-0.4, -0.2) is 42.9 Å². The van der Waals surface area contributed by atoms with Crippen LogP contribution in [0.2, 0.25) is 0 Å². The molecule has 6 heteroatoms. The Morgan fingerprint density at radius 3 is 2.30 bits per heavy atom. The molecule has 2 aromatic carbocycles. The zero-order valence-electron chi connectivity index (χ0n) is 15.2. The third-order valence-electron chi connectivity index (χ3n) is 4.56. The Bertz CT molecular complexity index is 857. The second-order valence-electron chi connectivity index (χ2n) is 6.46. The first kappa shape index (κ1) is 18.6. The fourth-order valence-corrected chi connectivity index (χ4v) is 3.12. The number of esters is 1. The molecule has 1 aliphatic rings. The van der Waals surface area contributed by atoms with Gasteiger partial charge in [-0.1, -0.05) is 12.1 Å². The van der Waals surface area contributed by atoms with Gasteiger partial charge in [0, 0.05) is 29.9 Å². The summed E-state index contributed by atoms with van der Waals surface area (Å²) >= 11 is 0. The van der Waals surface area contributed by atoms with E-state index in [1.807, 2.05) is 4.90 Å². The summed E-state index contributed by atoms with van der Waals surface area (Å²) in [7, 11) is 1.29. The summed E-state index contributed by atoms with van der Waals surface area (Å²) in [6, 6.07) is 13.2. The summed E-state index contributed by atoms with van der Waals surface area (Å²) in [4.78, 5) is 38.6. The molecule has 0 bridgehead atoms. The van der Waals surface area contributed by atoms with Gasteiger partial charge < -0.3 is 15.0 Å². The Balaban J connectivity index is 1.73. The molecule has 1 saturated heterocycles. The van der Waals surface area contributed by atoms with Gasteiger partial charge in [-0.3, -0.25) is 9.59 Å². The van der Waals surface area contributed by atoms with E-state index in [1.54, 1.807) is 42.5 Å². The molecule has 27 heavy (non-hydrogen) atoms. The Morgan fingerprint density at radius 2 is 1.56 bits per heavy atom. The molecule has 2 amide bonds. The summed E-state index contributed by atoms with van der Waals surface area (Å²) in [6.07, 6.45) is 3.21. The average Bonchev–Trinajstić information content (AvgIpc) is 2.73. The van der Waals surface area contributed by atoms with Crippen molar-refractivity contribution in [3.8, 4) is 0 Å². The van der Waals surface area contributed by atoms with Crippen molar-refractivity contribution in [2.45, 2.75) is 19.3 Å². The molecular weight excluding hydrogens is 344 g/mol. The minimum absolute atomic E-state index is 0.0153. The average molecular weight is 366 g/mol. The molecule has 6 nitrogen and oxygen atoms in total. The maximum absolute atomic E-state index is 12.6. The van der Waals surface area contributed by atoms with Crippen LogP contribution >= 0.6 is 0 Å². The SMILES string of the molecule is COC(=O)c1cccc(C(=O)Nc2cccc(C(=O)N3CCCCC3)c2)c1. The molecule has 0 atom stereocenters. The van der Waals surface area contributed by atoms with Crippen molar-refractivity contribution in [2.75, 3.05) is 25.5 Å². The summed E-state index contributed by atoms with van der Waals surface area (Å²) in [5.41, 5.74) is 1.73. The van der Waals surface area contributed by atoms with E-state index in [1.165, 1.54) is 13.2 Å². The van der Waals surface area contributed by atoms with E-state index < -0.39 is 5.97 Å². The number of nitrogens with one attached hydrogen (secondary N) is 1. The minimum Gasteiger partial charge on any atom is -0.465 e. The van der Waals surface area contributed by atoms with Gasteiger partial charge in [0.05, 0.1) is 12.7 Å². The van der Waals surface area contributed by atoms with E-state index in [0.29, 0.717) is 22.4 Å².